The second-order valence-electron chi connectivity index (χ2n) is 7.58. The molecule has 2 heterocycles. The van der Waals surface area contributed by atoms with Gasteiger partial charge < -0.3 is 15.5 Å². The number of aliphatic hydroxyl groups is 2. The second-order valence-corrected chi connectivity index (χ2v) is 7.58. The summed E-state index contributed by atoms with van der Waals surface area (Å²) in [5.41, 5.74) is 0.0855. The van der Waals surface area contributed by atoms with Crippen LogP contribution in [0.5, 0.6) is 0 Å². The zero-order chi connectivity index (χ0) is 25.1. The van der Waals surface area contributed by atoms with Crippen LogP contribution in [-0.4, -0.2) is 48.3 Å². The highest BCUT2D eigenvalue weighted by molar-refractivity contribution is 6.00. The van der Waals surface area contributed by atoms with Crippen molar-refractivity contribution < 1.29 is 28.7 Å². The van der Waals surface area contributed by atoms with Gasteiger partial charge in [-0.05, 0) is 23.8 Å². The topological polar surface area (TPSA) is 143 Å². The number of nitrogens with zero attached hydrogens (tertiary/aromatic N) is 4. The second kappa shape index (κ2) is 9.91. The van der Waals surface area contributed by atoms with Gasteiger partial charge in [0.15, 0.2) is 5.65 Å². The zero-order valence-electron chi connectivity index (χ0n) is 18.0. The highest BCUT2D eigenvalue weighted by Gasteiger charge is 2.26. The third-order valence-corrected chi connectivity index (χ3v) is 5.38. The van der Waals surface area contributed by atoms with E-state index in [-0.39, 0.29) is 28.2 Å². The van der Waals surface area contributed by atoms with Crippen molar-refractivity contribution in [1.29, 1.82) is 0 Å². The quantitative estimate of drug-likeness (QED) is 0.258. The zero-order valence-corrected chi connectivity index (χ0v) is 18.0. The number of aliphatic hydroxyl groups excluding tert-OH is 2. The van der Waals surface area contributed by atoms with Crippen LogP contribution in [0.1, 0.15) is 34.1 Å². The van der Waals surface area contributed by atoms with Gasteiger partial charge in [0.25, 0.3) is 18.0 Å². The molecule has 0 aliphatic carbocycles. The van der Waals surface area contributed by atoms with Crippen molar-refractivity contribution in [3.8, 4) is 11.3 Å². The number of rotatable bonds is 8. The first-order chi connectivity index (χ1) is 16.8. The minimum atomic E-state index is -2.90. The van der Waals surface area contributed by atoms with Gasteiger partial charge in [0.1, 0.15) is 17.4 Å². The average Bonchev–Trinajstić information content (AvgIpc) is 3.30. The number of aromatic nitrogens is 3. The largest absolute Gasteiger partial charge is 0.394 e. The van der Waals surface area contributed by atoms with Crippen molar-refractivity contribution in [1.82, 2.24) is 19.9 Å². The van der Waals surface area contributed by atoms with Gasteiger partial charge in [0, 0.05) is 17.7 Å². The van der Waals surface area contributed by atoms with E-state index in [0.717, 1.165) is 10.7 Å². The van der Waals surface area contributed by atoms with Crippen molar-refractivity contribution in [2.45, 2.75) is 18.6 Å². The van der Waals surface area contributed by atoms with E-state index in [0.29, 0.717) is 5.56 Å². The number of benzene rings is 2. The van der Waals surface area contributed by atoms with E-state index in [2.05, 4.69) is 15.4 Å². The number of carbonyl (C=O) groups is 1. The van der Waals surface area contributed by atoms with Crippen LogP contribution in [-0.2, 0) is 0 Å². The van der Waals surface area contributed by atoms with Crippen molar-refractivity contribution in [2.75, 3.05) is 6.61 Å². The minimum absolute atomic E-state index is 0.124. The molecule has 35 heavy (non-hydrogen) atoms. The monoisotopic (exact) mass is 483 g/mol. The number of amides is 1. The molecule has 0 aliphatic rings. The maximum absolute atomic E-state index is 13.7. The number of fused-ring (bicyclic) bond motifs is 1. The Morgan fingerprint density at radius 2 is 1.83 bits per heavy atom. The minimum Gasteiger partial charge on any atom is -0.394 e. The van der Waals surface area contributed by atoms with Gasteiger partial charge in [-0.3, -0.25) is 14.9 Å². The molecule has 10 nitrogen and oxygen atoms in total. The van der Waals surface area contributed by atoms with E-state index >= 15 is 0 Å². The third-order valence-electron chi connectivity index (χ3n) is 5.38. The standard InChI is InChI=1S/C23H19F2N5O5/c24-21(25)19-10-17(13-4-2-1-3-5-13)27-22-16(11-26-29(19)22)23(33)28-18(12-31)20(32)14-6-8-15(9-7-14)30(34)35/h1-11,18,20-21,31-32H,12H2,(H,28,33). The molecule has 0 saturated heterocycles. The molecule has 0 spiro atoms. The molecule has 2 atom stereocenters. The summed E-state index contributed by atoms with van der Waals surface area (Å²) in [5, 5.41) is 37.5. The van der Waals surface area contributed by atoms with Crippen molar-refractivity contribution in [3.63, 3.8) is 0 Å². The van der Waals surface area contributed by atoms with Crippen molar-refractivity contribution in [3.05, 3.63) is 93.8 Å². The molecule has 2 unspecified atom stereocenters. The number of hydrogen-bond donors (Lipinski definition) is 3. The van der Waals surface area contributed by atoms with Gasteiger partial charge >= 0.3 is 0 Å². The lowest BCUT2D eigenvalue weighted by atomic mass is 10.0. The molecule has 180 valence electrons. The highest BCUT2D eigenvalue weighted by atomic mass is 19.3. The van der Waals surface area contributed by atoms with Gasteiger partial charge in [-0.15, -0.1) is 0 Å². The molecule has 12 heteroatoms. The van der Waals surface area contributed by atoms with Gasteiger partial charge in [-0.2, -0.15) is 5.10 Å². The first-order valence-electron chi connectivity index (χ1n) is 10.4. The molecule has 4 aromatic rings. The van der Waals surface area contributed by atoms with Crippen molar-refractivity contribution >= 4 is 17.2 Å². The molecule has 0 fully saturated rings. The van der Waals surface area contributed by atoms with Gasteiger partial charge in [0.05, 0.1) is 29.5 Å². The maximum Gasteiger partial charge on any atom is 0.280 e. The molecule has 4 rings (SSSR count). The molecule has 3 N–H and O–H groups in total. The van der Waals surface area contributed by atoms with Gasteiger partial charge in [-0.1, -0.05) is 30.3 Å². The molecular formula is C23H19F2N5O5. The fourth-order valence-corrected chi connectivity index (χ4v) is 3.55. The lowest BCUT2D eigenvalue weighted by Crippen LogP contribution is -2.42. The summed E-state index contributed by atoms with van der Waals surface area (Å²) in [5.74, 6) is -0.807. The molecule has 0 aliphatic heterocycles. The first-order valence-corrected chi connectivity index (χ1v) is 10.4. The average molecular weight is 483 g/mol. The Hall–Kier alpha value is -4.29. The van der Waals surface area contributed by atoms with Gasteiger partial charge in [0.2, 0.25) is 0 Å². The fourth-order valence-electron chi connectivity index (χ4n) is 3.55. The van der Waals surface area contributed by atoms with Gasteiger partial charge in [-0.25, -0.2) is 18.3 Å². The smallest absolute Gasteiger partial charge is 0.280 e. The summed E-state index contributed by atoms with van der Waals surface area (Å²) < 4.78 is 28.4. The Morgan fingerprint density at radius 3 is 2.43 bits per heavy atom. The Labute approximate surface area is 196 Å². The Bertz CT molecular complexity index is 1360. The molecule has 2 aromatic carbocycles. The van der Waals surface area contributed by atoms with E-state index in [1.54, 1.807) is 30.3 Å². The number of alkyl halides is 2. The fraction of sp³-hybridized carbons (Fsp3) is 0.174. The third kappa shape index (κ3) is 4.83. The van der Waals surface area contributed by atoms with Crippen LogP contribution >= 0.6 is 0 Å². The molecule has 0 radical (unpaired) electrons. The Balaban J connectivity index is 1.66. The number of nitrogens with one attached hydrogen (secondary N) is 1. The normalized spacial score (nSPS) is 13.1. The highest BCUT2D eigenvalue weighted by Crippen LogP contribution is 2.27. The predicted molar refractivity (Wildman–Crippen MR) is 120 cm³/mol. The van der Waals surface area contributed by atoms with Crippen LogP contribution < -0.4 is 5.32 Å². The van der Waals surface area contributed by atoms with Crippen LogP contribution in [0.3, 0.4) is 0 Å². The molecular weight excluding hydrogens is 464 g/mol. The number of halogens is 2. The Kier molecular flexibility index (Phi) is 6.75. The summed E-state index contributed by atoms with van der Waals surface area (Å²) in [4.78, 5) is 27.6. The van der Waals surface area contributed by atoms with Crippen LogP contribution in [0.25, 0.3) is 16.9 Å². The number of carbonyl (C=O) groups excluding carboxylic acids is 1. The SMILES string of the molecule is O=C(NC(CO)C(O)c1ccc([N+](=O)[O-])cc1)c1cnn2c(C(F)F)cc(-c3ccccc3)nc12. The predicted octanol–water partition coefficient (Wildman–Crippen LogP) is 3.07. The maximum atomic E-state index is 13.7. The van der Waals surface area contributed by atoms with Crippen LogP contribution in [0.4, 0.5) is 14.5 Å². The van der Waals surface area contributed by atoms with Crippen LogP contribution in [0.15, 0.2) is 66.9 Å². The number of nitro benzene ring substituents is 1. The van der Waals surface area contributed by atoms with E-state index < -0.39 is 41.7 Å². The molecule has 0 saturated carbocycles. The van der Waals surface area contributed by atoms with E-state index in [4.69, 9.17) is 0 Å². The summed E-state index contributed by atoms with van der Waals surface area (Å²) in [6, 6.07) is 13.5. The molecule has 2 aromatic heterocycles. The van der Waals surface area contributed by atoms with E-state index in [1.807, 2.05) is 0 Å². The summed E-state index contributed by atoms with van der Waals surface area (Å²) >= 11 is 0. The lowest BCUT2D eigenvalue weighted by molar-refractivity contribution is -0.384. The first kappa shape index (κ1) is 23.9. The number of nitro groups is 1. The summed E-state index contributed by atoms with van der Waals surface area (Å²) in [6.07, 6.45) is -3.23. The van der Waals surface area contributed by atoms with E-state index in [9.17, 15) is 33.9 Å². The van der Waals surface area contributed by atoms with Crippen LogP contribution in [0.2, 0.25) is 0 Å². The summed E-state index contributed by atoms with van der Waals surface area (Å²) in [6.45, 7) is -0.673. The van der Waals surface area contributed by atoms with Crippen LogP contribution in [0, 0.1) is 10.1 Å². The van der Waals surface area contributed by atoms with E-state index in [1.165, 1.54) is 30.3 Å². The Morgan fingerprint density at radius 1 is 1.14 bits per heavy atom. The van der Waals surface area contributed by atoms with Crippen molar-refractivity contribution in [2.24, 2.45) is 0 Å². The lowest BCUT2D eigenvalue weighted by Gasteiger charge is -2.22. The summed E-state index contributed by atoms with van der Waals surface area (Å²) in [7, 11) is 0. The molecule has 0 bridgehead atoms. The number of hydrogen-bond acceptors (Lipinski definition) is 7. The number of non-ortho nitro benzene ring substituents is 1. The molecule has 1 amide bonds.